The Kier molecular flexibility index (Phi) is 6.07. The van der Waals surface area contributed by atoms with Crippen LogP contribution in [0, 0.1) is 12.8 Å². The highest BCUT2D eigenvalue weighted by Gasteiger charge is 2.36. The molecule has 0 bridgehead atoms. The summed E-state index contributed by atoms with van der Waals surface area (Å²) < 4.78 is 5.09. The minimum atomic E-state index is -0.605. The van der Waals surface area contributed by atoms with Gasteiger partial charge in [0.1, 0.15) is 0 Å². The van der Waals surface area contributed by atoms with Crippen LogP contribution in [0.15, 0.2) is 48.5 Å². The van der Waals surface area contributed by atoms with Crippen LogP contribution in [-0.4, -0.2) is 36.7 Å². The normalized spacial score (nSPS) is 15.9. The summed E-state index contributed by atoms with van der Waals surface area (Å²) in [4.78, 5) is 49.3. The van der Waals surface area contributed by atoms with E-state index in [1.165, 1.54) is 6.92 Å². The van der Waals surface area contributed by atoms with Crippen molar-refractivity contribution in [1.29, 1.82) is 0 Å². The summed E-state index contributed by atoms with van der Waals surface area (Å²) in [5, 5.41) is 2.60. The minimum absolute atomic E-state index is 0.0564. The van der Waals surface area contributed by atoms with Gasteiger partial charge in [0.15, 0.2) is 12.4 Å². The standard InChI is InChI=1S/C22H22N2O5/c1-14-3-9-19(10-4-14)24-12-17(11-21(24)27)22(28)29-13-20(26)23-18-7-5-16(6-8-18)15(2)25/h3-10,17H,11-13H2,1-2H3,(H,23,26)/t17-/m1/s1. The summed E-state index contributed by atoms with van der Waals surface area (Å²) >= 11 is 0. The quantitative estimate of drug-likeness (QED) is 0.601. The highest BCUT2D eigenvalue weighted by atomic mass is 16.5. The Hall–Kier alpha value is -3.48. The van der Waals surface area contributed by atoms with Gasteiger partial charge in [-0.2, -0.15) is 0 Å². The van der Waals surface area contributed by atoms with E-state index in [0.29, 0.717) is 11.3 Å². The van der Waals surface area contributed by atoms with Gasteiger partial charge in [-0.1, -0.05) is 17.7 Å². The number of amides is 2. The van der Waals surface area contributed by atoms with Gasteiger partial charge in [-0.15, -0.1) is 0 Å². The maximum atomic E-state index is 12.3. The number of hydrogen-bond donors (Lipinski definition) is 1. The van der Waals surface area contributed by atoms with Crippen molar-refractivity contribution in [3.63, 3.8) is 0 Å². The summed E-state index contributed by atoms with van der Waals surface area (Å²) in [5.41, 5.74) is 2.86. The number of anilines is 2. The van der Waals surface area contributed by atoms with Crippen molar-refractivity contribution in [2.45, 2.75) is 20.3 Å². The number of rotatable bonds is 6. The molecule has 0 radical (unpaired) electrons. The summed E-state index contributed by atoms with van der Waals surface area (Å²) in [6, 6.07) is 13.9. The van der Waals surface area contributed by atoms with Gasteiger partial charge in [-0.3, -0.25) is 19.2 Å². The van der Waals surface area contributed by atoms with Crippen LogP contribution in [0.5, 0.6) is 0 Å². The highest BCUT2D eigenvalue weighted by molar-refractivity contribution is 6.00. The van der Waals surface area contributed by atoms with Crippen molar-refractivity contribution < 1.29 is 23.9 Å². The van der Waals surface area contributed by atoms with Gasteiger partial charge in [0.25, 0.3) is 5.91 Å². The van der Waals surface area contributed by atoms with Crippen molar-refractivity contribution in [3.8, 4) is 0 Å². The summed E-state index contributed by atoms with van der Waals surface area (Å²) in [6.45, 7) is 3.20. The van der Waals surface area contributed by atoms with Crippen LogP contribution in [-0.2, 0) is 19.1 Å². The molecule has 7 nitrogen and oxygen atoms in total. The SMILES string of the molecule is CC(=O)c1ccc(NC(=O)COC(=O)[C@@H]2CC(=O)N(c3ccc(C)cc3)C2)cc1. The second kappa shape index (κ2) is 8.68. The van der Waals surface area contributed by atoms with E-state index < -0.39 is 24.4 Å². The predicted octanol–water partition coefficient (Wildman–Crippen LogP) is 2.73. The van der Waals surface area contributed by atoms with Crippen LogP contribution >= 0.6 is 0 Å². The van der Waals surface area contributed by atoms with Crippen molar-refractivity contribution in [3.05, 3.63) is 59.7 Å². The average Bonchev–Trinajstić information content (AvgIpc) is 3.09. The van der Waals surface area contributed by atoms with Gasteiger partial charge in [-0.05, 0) is 50.2 Å². The van der Waals surface area contributed by atoms with Crippen LogP contribution in [0.3, 0.4) is 0 Å². The second-order valence-corrected chi connectivity index (χ2v) is 7.03. The van der Waals surface area contributed by atoms with E-state index in [2.05, 4.69) is 5.32 Å². The number of carbonyl (C=O) groups excluding carboxylic acids is 4. The molecule has 1 fully saturated rings. The zero-order chi connectivity index (χ0) is 21.0. The Morgan fingerprint density at radius 2 is 1.72 bits per heavy atom. The molecule has 1 heterocycles. The molecule has 1 atom stereocenters. The lowest BCUT2D eigenvalue weighted by atomic mass is 10.1. The number of hydrogen-bond acceptors (Lipinski definition) is 5. The molecule has 1 N–H and O–H groups in total. The molecule has 1 aliphatic rings. The lowest BCUT2D eigenvalue weighted by molar-refractivity contribution is -0.151. The van der Waals surface area contributed by atoms with E-state index in [1.54, 1.807) is 29.2 Å². The molecule has 2 aromatic carbocycles. The first-order valence-electron chi connectivity index (χ1n) is 9.28. The van der Waals surface area contributed by atoms with Gasteiger partial charge in [0.2, 0.25) is 5.91 Å². The Morgan fingerprint density at radius 1 is 1.07 bits per heavy atom. The fourth-order valence-corrected chi connectivity index (χ4v) is 3.08. The van der Waals surface area contributed by atoms with Crippen LogP contribution in [0.1, 0.15) is 29.3 Å². The van der Waals surface area contributed by atoms with E-state index in [4.69, 9.17) is 4.74 Å². The molecular weight excluding hydrogens is 372 g/mol. The van der Waals surface area contributed by atoms with Gasteiger partial charge < -0.3 is 15.0 Å². The summed E-state index contributed by atoms with van der Waals surface area (Å²) in [5.74, 6) is -1.89. The van der Waals surface area contributed by atoms with Crippen molar-refractivity contribution in [2.75, 3.05) is 23.4 Å². The molecule has 1 aliphatic heterocycles. The lowest BCUT2D eigenvalue weighted by Crippen LogP contribution is -2.28. The largest absolute Gasteiger partial charge is 0.455 e. The number of nitrogens with one attached hydrogen (secondary N) is 1. The maximum absolute atomic E-state index is 12.3. The fourth-order valence-electron chi connectivity index (χ4n) is 3.08. The molecule has 0 aliphatic carbocycles. The number of aryl methyl sites for hydroxylation is 1. The number of nitrogens with zero attached hydrogens (tertiary/aromatic N) is 1. The number of Topliss-reactive ketones (excluding diaryl/α,β-unsaturated/α-hetero) is 1. The Bertz CT molecular complexity index is 935. The molecule has 150 valence electrons. The molecule has 3 rings (SSSR count). The second-order valence-electron chi connectivity index (χ2n) is 7.03. The Balaban J connectivity index is 1.50. The van der Waals surface area contributed by atoms with E-state index in [1.807, 2.05) is 31.2 Å². The van der Waals surface area contributed by atoms with Crippen molar-refractivity contribution >= 4 is 34.9 Å². The van der Waals surface area contributed by atoms with Gasteiger partial charge in [0.05, 0.1) is 5.92 Å². The van der Waals surface area contributed by atoms with Crippen LogP contribution in [0.4, 0.5) is 11.4 Å². The van der Waals surface area contributed by atoms with Crippen LogP contribution in [0.25, 0.3) is 0 Å². The van der Waals surface area contributed by atoms with Crippen LogP contribution < -0.4 is 10.2 Å². The van der Waals surface area contributed by atoms with Crippen molar-refractivity contribution in [1.82, 2.24) is 0 Å². The summed E-state index contributed by atoms with van der Waals surface area (Å²) in [7, 11) is 0. The topological polar surface area (TPSA) is 92.8 Å². The van der Waals surface area contributed by atoms with E-state index in [9.17, 15) is 19.2 Å². The monoisotopic (exact) mass is 394 g/mol. The van der Waals surface area contributed by atoms with Crippen LogP contribution in [0.2, 0.25) is 0 Å². The molecule has 7 heteroatoms. The first-order chi connectivity index (χ1) is 13.8. The van der Waals surface area contributed by atoms with Gasteiger partial charge in [0, 0.05) is 29.9 Å². The number of esters is 1. The number of carbonyl (C=O) groups is 4. The molecule has 0 saturated carbocycles. The molecule has 2 amide bonds. The number of ether oxygens (including phenoxy) is 1. The third-order valence-electron chi connectivity index (χ3n) is 4.72. The van der Waals surface area contributed by atoms with Crippen molar-refractivity contribution in [2.24, 2.45) is 5.92 Å². The highest BCUT2D eigenvalue weighted by Crippen LogP contribution is 2.26. The molecule has 1 saturated heterocycles. The number of benzene rings is 2. The third-order valence-corrected chi connectivity index (χ3v) is 4.72. The lowest BCUT2D eigenvalue weighted by Gasteiger charge is -2.16. The molecule has 0 aromatic heterocycles. The Labute approximate surface area is 168 Å². The zero-order valence-electron chi connectivity index (χ0n) is 16.3. The van der Waals surface area contributed by atoms with E-state index >= 15 is 0 Å². The smallest absolute Gasteiger partial charge is 0.311 e. The molecule has 0 unspecified atom stereocenters. The first-order valence-corrected chi connectivity index (χ1v) is 9.28. The first kappa shape index (κ1) is 20.3. The Morgan fingerprint density at radius 3 is 2.34 bits per heavy atom. The average molecular weight is 394 g/mol. The van der Waals surface area contributed by atoms with Gasteiger partial charge in [-0.25, -0.2) is 0 Å². The molecule has 0 spiro atoms. The fraction of sp³-hybridized carbons (Fsp3) is 0.273. The molecule has 29 heavy (non-hydrogen) atoms. The van der Waals surface area contributed by atoms with Gasteiger partial charge >= 0.3 is 5.97 Å². The van der Waals surface area contributed by atoms with E-state index in [-0.39, 0.29) is 24.7 Å². The van der Waals surface area contributed by atoms with E-state index in [0.717, 1.165) is 11.3 Å². The third kappa shape index (κ3) is 5.07. The molecular formula is C22H22N2O5. The number of ketones is 1. The summed E-state index contributed by atoms with van der Waals surface area (Å²) in [6.07, 6.45) is 0.0564. The predicted molar refractivity (Wildman–Crippen MR) is 108 cm³/mol. The minimum Gasteiger partial charge on any atom is -0.455 e. The zero-order valence-corrected chi connectivity index (χ0v) is 16.3. The maximum Gasteiger partial charge on any atom is 0.311 e. The molecule has 2 aromatic rings.